The summed E-state index contributed by atoms with van der Waals surface area (Å²) in [6, 6.07) is 5.48. The number of nitrogens with one attached hydrogen (secondary N) is 1. The monoisotopic (exact) mass is 313 g/mol. The Morgan fingerprint density at radius 2 is 2.11 bits per heavy atom. The summed E-state index contributed by atoms with van der Waals surface area (Å²) < 4.78 is 0.742. The topological polar surface area (TPSA) is 66.4 Å². The maximum atomic E-state index is 11.9. The third kappa shape index (κ3) is 4.49. The lowest BCUT2D eigenvalue weighted by Crippen LogP contribution is -2.29. The van der Waals surface area contributed by atoms with Crippen LogP contribution in [0.15, 0.2) is 22.7 Å². The van der Waals surface area contributed by atoms with Crippen LogP contribution in [0.1, 0.15) is 29.3 Å². The molecule has 4 nitrogen and oxygen atoms in total. The molecule has 0 bridgehead atoms. The molecule has 5 heteroatoms. The van der Waals surface area contributed by atoms with E-state index in [-0.39, 0.29) is 18.2 Å². The van der Waals surface area contributed by atoms with Crippen LogP contribution in [0.3, 0.4) is 0 Å². The summed E-state index contributed by atoms with van der Waals surface area (Å²) in [4.78, 5) is 22.4. The van der Waals surface area contributed by atoms with Crippen LogP contribution in [-0.4, -0.2) is 23.5 Å². The van der Waals surface area contributed by atoms with Gasteiger partial charge in [-0.2, -0.15) is 0 Å². The van der Waals surface area contributed by atoms with E-state index in [0.717, 1.165) is 10.0 Å². The molecule has 0 aromatic heterocycles. The maximum absolute atomic E-state index is 11.9. The molecule has 1 amide bonds. The highest BCUT2D eigenvalue weighted by Gasteiger charge is 2.12. The SMILES string of the molecule is Cc1ccc(C(=O)NCC(C)CC(=O)O)c(Br)c1. The van der Waals surface area contributed by atoms with Gasteiger partial charge in [0, 0.05) is 17.4 Å². The van der Waals surface area contributed by atoms with Crippen LogP contribution in [0, 0.1) is 12.8 Å². The molecule has 18 heavy (non-hydrogen) atoms. The first kappa shape index (κ1) is 14.7. The number of rotatable bonds is 5. The molecular weight excluding hydrogens is 298 g/mol. The fraction of sp³-hybridized carbons (Fsp3) is 0.385. The summed E-state index contributed by atoms with van der Waals surface area (Å²) >= 11 is 3.34. The highest BCUT2D eigenvalue weighted by molar-refractivity contribution is 9.10. The Kier molecular flexibility index (Phi) is 5.34. The molecule has 1 rings (SSSR count). The first-order valence-corrected chi connectivity index (χ1v) is 6.45. The molecule has 1 unspecified atom stereocenters. The molecule has 0 saturated carbocycles. The van der Waals surface area contributed by atoms with Gasteiger partial charge in [0.1, 0.15) is 0 Å². The average molecular weight is 314 g/mol. The van der Waals surface area contributed by atoms with Crippen molar-refractivity contribution >= 4 is 27.8 Å². The summed E-state index contributed by atoms with van der Waals surface area (Å²) in [7, 11) is 0. The average Bonchev–Trinajstić information content (AvgIpc) is 2.25. The Balaban J connectivity index is 2.58. The number of halogens is 1. The number of hydrogen-bond donors (Lipinski definition) is 2. The van der Waals surface area contributed by atoms with Gasteiger partial charge in [0.05, 0.1) is 5.56 Å². The number of carboxylic acids is 1. The molecule has 1 atom stereocenters. The van der Waals surface area contributed by atoms with E-state index in [9.17, 15) is 9.59 Å². The number of aryl methyl sites for hydroxylation is 1. The number of carboxylic acid groups (broad SMARTS) is 1. The normalized spacial score (nSPS) is 11.9. The second-order valence-corrected chi connectivity index (χ2v) is 5.25. The lowest BCUT2D eigenvalue weighted by atomic mass is 10.1. The van der Waals surface area contributed by atoms with Gasteiger partial charge in [-0.15, -0.1) is 0 Å². The summed E-state index contributed by atoms with van der Waals surface area (Å²) in [5.74, 6) is -1.14. The molecule has 0 aliphatic heterocycles. The summed E-state index contributed by atoms with van der Waals surface area (Å²) in [5.41, 5.74) is 1.63. The standard InChI is InChI=1S/C13H16BrNO3/c1-8-3-4-10(11(14)5-8)13(18)15-7-9(2)6-12(16)17/h3-5,9H,6-7H2,1-2H3,(H,15,18)(H,16,17). The quantitative estimate of drug-likeness (QED) is 0.878. The van der Waals surface area contributed by atoms with Crippen molar-refractivity contribution in [3.8, 4) is 0 Å². The van der Waals surface area contributed by atoms with Crippen molar-refractivity contribution in [3.63, 3.8) is 0 Å². The van der Waals surface area contributed by atoms with Crippen LogP contribution >= 0.6 is 15.9 Å². The molecule has 0 spiro atoms. The van der Waals surface area contributed by atoms with Crippen LogP contribution in [0.2, 0.25) is 0 Å². The van der Waals surface area contributed by atoms with Crippen molar-refractivity contribution in [3.05, 3.63) is 33.8 Å². The second kappa shape index (κ2) is 6.54. The summed E-state index contributed by atoms with van der Waals surface area (Å²) in [6.45, 7) is 4.09. The first-order chi connectivity index (χ1) is 8.40. The Labute approximate surface area is 115 Å². The van der Waals surface area contributed by atoms with E-state index in [2.05, 4.69) is 21.2 Å². The molecule has 1 aromatic carbocycles. The number of amides is 1. The minimum atomic E-state index is -0.853. The molecule has 0 aliphatic rings. The van der Waals surface area contributed by atoms with Gasteiger partial charge >= 0.3 is 5.97 Å². The molecule has 0 radical (unpaired) electrons. The number of benzene rings is 1. The number of aliphatic carboxylic acids is 1. The summed E-state index contributed by atoms with van der Waals surface area (Å²) in [6.07, 6.45) is 0.0509. The van der Waals surface area contributed by atoms with Gasteiger partial charge in [0.25, 0.3) is 5.91 Å². The van der Waals surface area contributed by atoms with Gasteiger partial charge in [-0.1, -0.05) is 13.0 Å². The van der Waals surface area contributed by atoms with E-state index < -0.39 is 5.97 Å². The van der Waals surface area contributed by atoms with E-state index >= 15 is 0 Å². The van der Waals surface area contributed by atoms with Crippen LogP contribution in [-0.2, 0) is 4.79 Å². The first-order valence-electron chi connectivity index (χ1n) is 5.66. The van der Waals surface area contributed by atoms with Gasteiger partial charge in [0.2, 0.25) is 0 Å². The van der Waals surface area contributed by atoms with Crippen molar-refractivity contribution in [2.24, 2.45) is 5.92 Å². The van der Waals surface area contributed by atoms with Crippen LogP contribution < -0.4 is 5.32 Å². The molecule has 2 N–H and O–H groups in total. The lowest BCUT2D eigenvalue weighted by Gasteiger charge is -2.11. The molecule has 0 saturated heterocycles. The van der Waals surface area contributed by atoms with Crippen molar-refractivity contribution < 1.29 is 14.7 Å². The molecule has 0 heterocycles. The van der Waals surface area contributed by atoms with Gasteiger partial charge in [-0.05, 0) is 46.5 Å². The van der Waals surface area contributed by atoms with E-state index in [1.165, 1.54) is 0 Å². The van der Waals surface area contributed by atoms with Crippen molar-refractivity contribution in [1.29, 1.82) is 0 Å². The third-order valence-electron chi connectivity index (χ3n) is 2.50. The van der Waals surface area contributed by atoms with Gasteiger partial charge in [-0.3, -0.25) is 9.59 Å². The van der Waals surface area contributed by atoms with E-state index in [1.807, 2.05) is 19.1 Å². The largest absolute Gasteiger partial charge is 0.481 e. The Hall–Kier alpha value is -1.36. The molecule has 98 valence electrons. The zero-order chi connectivity index (χ0) is 13.7. The predicted octanol–water partition coefficient (Wildman–Crippen LogP) is 2.60. The smallest absolute Gasteiger partial charge is 0.303 e. The minimum absolute atomic E-state index is 0.0509. The van der Waals surface area contributed by atoms with E-state index in [0.29, 0.717) is 12.1 Å². The zero-order valence-electron chi connectivity index (χ0n) is 10.4. The molecular formula is C13H16BrNO3. The number of hydrogen-bond acceptors (Lipinski definition) is 2. The van der Waals surface area contributed by atoms with E-state index in [4.69, 9.17) is 5.11 Å². The fourth-order valence-electron chi connectivity index (χ4n) is 1.54. The van der Waals surface area contributed by atoms with Crippen molar-refractivity contribution in [2.75, 3.05) is 6.54 Å². The maximum Gasteiger partial charge on any atom is 0.303 e. The van der Waals surface area contributed by atoms with Crippen LogP contribution in [0.5, 0.6) is 0 Å². The van der Waals surface area contributed by atoms with Gasteiger partial charge in [0.15, 0.2) is 0 Å². The third-order valence-corrected chi connectivity index (χ3v) is 3.16. The highest BCUT2D eigenvalue weighted by Crippen LogP contribution is 2.18. The number of carbonyl (C=O) groups is 2. The van der Waals surface area contributed by atoms with E-state index in [1.54, 1.807) is 13.0 Å². The van der Waals surface area contributed by atoms with Crippen molar-refractivity contribution in [1.82, 2.24) is 5.32 Å². The molecule has 0 fully saturated rings. The Bertz CT molecular complexity index is 460. The Morgan fingerprint density at radius 1 is 1.44 bits per heavy atom. The van der Waals surface area contributed by atoms with Crippen LogP contribution in [0.25, 0.3) is 0 Å². The zero-order valence-corrected chi connectivity index (χ0v) is 12.0. The minimum Gasteiger partial charge on any atom is -0.481 e. The summed E-state index contributed by atoms with van der Waals surface area (Å²) in [5, 5.41) is 11.4. The van der Waals surface area contributed by atoms with Gasteiger partial charge < -0.3 is 10.4 Å². The lowest BCUT2D eigenvalue weighted by molar-refractivity contribution is -0.137. The fourth-order valence-corrected chi connectivity index (χ4v) is 2.21. The number of carbonyl (C=O) groups excluding carboxylic acids is 1. The molecule has 1 aromatic rings. The van der Waals surface area contributed by atoms with Gasteiger partial charge in [-0.25, -0.2) is 0 Å². The highest BCUT2D eigenvalue weighted by atomic mass is 79.9. The second-order valence-electron chi connectivity index (χ2n) is 4.40. The Morgan fingerprint density at radius 3 is 2.67 bits per heavy atom. The predicted molar refractivity (Wildman–Crippen MR) is 72.6 cm³/mol. The van der Waals surface area contributed by atoms with Crippen LogP contribution in [0.4, 0.5) is 0 Å². The van der Waals surface area contributed by atoms with Crippen molar-refractivity contribution in [2.45, 2.75) is 20.3 Å². The molecule has 0 aliphatic carbocycles.